The highest BCUT2D eigenvalue weighted by molar-refractivity contribution is 7.92. The molecular weight excluding hydrogens is 395 g/mol. The molecule has 0 spiro atoms. The molecule has 6 nitrogen and oxygen atoms in total. The summed E-state index contributed by atoms with van der Waals surface area (Å²) in [4.78, 5) is 7.36. The van der Waals surface area contributed by atoms with Crippen LogP contribution in [0.1, 0.15) is 13.8 Å². The second-order valence-electron chi connectivity index (χ2n) is 5.47. The molecule has 0 radical (unpaired) electrons. The van der Waals surface area contributed by atoms with E-state index in [1.54, 1.807) is 6.07 Å². The fourth-order valence-electron chi connectivity index (χ4n) is 1.90. The number of sulfone groups is 1. The molecular formula is C15H15ClF3N3O3S. The van der Waals surface area contributed by atoms with Gasteiger partial charge in [0.1, 0.15) is 0 Å². The van der Waals surface area contributed by atoms with Gasteiger partial charge < -0.3 is 10.1 Å². The lowest BCUT2D eigenvalue weighted by atomic mass is 10.3. The van der Waals surface area contributed by atoms with Gasteiger partial charge in [0.15, 0.2) is 28.0 Å². The zero-order chi connectivity index (χ0) is 19.5. The Morgan fingerprint density at radius 3 is 2.54 bits per heavy atom. The summed E-state index contributed by atoms with van der Waals surface area (Å²) in [6.45, 7) is 1.48. The molecule has 0 atom stereocenters. The van der Waals surface area contributed by atoms with Crippen LogP contribution in [-0.2, 0) is 9.84 Å². The van der Waals surface area contributed by atoms with Crippen molar-refractivity contribution in [3.05, 3.63) is 35.7 Å². The summed E-state index contributed by atoms with van der Waals surface area (Å²) in [6, 6.07) is 5.95. The lowest BCUT2D eigenvalue weighted by molar-refractivity contribution is -0.153. The van der Waals surface area contributed by atoms with Gasteiger partial charge in [0.25, 0.3) is 0 Å². The van der Waals surface area contributed by atoms with Crippen molar-refractivity contribution in [1.29, 1.82) is 0 Å². The zero-order valence-electron chi connectivity index (χ0n) is 13.7. The number of halogens is 4. The predicted molar refractivity (Wildman–Crippen MR) is 90.6 cm³/mol. The van der Waals surface area contributed by atoms with Crippen LogP contribution in [0.4, 0.5) is 24.7 Å². The number of aromatic nitrogens is 2. The van der Waals surface area contributed by atoms with Gasteiger partial charge in [-0.2, -0.15) is 18.2 Å². The summed E-state index contributed by atoms with van der Waals surface area (Å²) in [5.41, 5.74) is 0.132. The van der Waals surface area contributed by atoms with Crippen LogP contribution < -0.4 is 10.1 Å². The van der Waals surface area contributed by atoms with Crippen molar-refractivity contribution in [1.82, 2.24) is 9.97 Å². The highest BCUT2D eigenvalue weighted by Gasteiger charge is 2.29. The predicted octanol–water partition coefficient (Wildman–Crippen LogP) is 4.00. The Bertz CT molecular complexity index is 889. The molecule has 0 unspecified atom stereocenters. The van der Waals surface area contributed by atoms with Gasteiger partial charge in [-0.15, -0.1) is 0 Å². The van der Waals surface area contributed by atoms with Crippen LogP contribution in [0.3, 0.4) is 0 Å². The van der Waals surface area contributed by atoms with Crippen LogP contribution in [0.5, 0.6) is 5.75 Å². The first-order valence-electron chi connectivity index (χ1n) is 7.33. The maximum atomic E-state index is 12.5. The normalized spacial score (nSPS) is 12.3. The second kappa shape index (κ2) is 7.67. The Morgan fingerprint density at radius 2 is 1.92 bits per heavy atom. The van der Waals surface area contributed by atoms with Crippen molar-refractivity contribution in [2.75, 3.05) is 11.9 Å². The van der Waals surface area contributed by atoms with Gasteiger partial charge in [0.05, 0.1) is 22.0 Å². The number of para-hydroxylation sites is 1. The van der Waals surface area contributed by atoms with Gasteiger partial charge >= 0.3 is 6.18 Å². The monoisotopic (exact) mass is 409 g/mol. The summed E-state index contributed by atoms with van der Waals surface area (Å²) in [6.07, 6.45) is -3.58. The quantitative estimate of drug-likeness (QED) is 0.726. The Labute approximate surface area is 153 Å². The Morgan fingerprint density at radius 1 is 1.27 bits per heavy atom. The SMILES string of the molecule is CC(C)S(=O)(=O)c1ccccc1Nc1nc(Cl)ncc1OCC(F)(F)F. The van der Waals surface area contributed by atoms with E-state index >= 15 is 0 Å². The van der Waals surface area contributed by atoms with Crippen LogP contribution >= 0.6 is 11.6 Å². The van der Waals surface area contributed by atoms with E-state index in [1.807, 2.05) is 0 Å². The van der Waals surface area contributed by atoms with Gasteiger partial charge in [0.2, 0.25) is 5.28 Å². The third-order valence-electron chi connectivity index (χ3n) is 3.18. The topological polar surface area (TPSA) is 81.2 Å². The molecule has 142 valence electrons. The second-order valence-corrected chi connectivity index (χ2v) is 8.28. The fraction of sp³-hybridized carbons (Fsp3) is 0.333. The molecule has 1 heterocycles. The van der Waals surface area contributed by atoms with Crippen molar-refractivity contribution in [2.24, 2.45) is 0 Å². The van der Waals surface area contributed by atoms with Crippen molar-refractivity contribution >= 4 is 32.9 Å². The molecule has 0 saturated heterocycles. The first kappa shape index (κ1) is 20.2. The Hall–Kier alpha value is -2.07. The molecule has 11 heteroatoms. The van der Waals surface area contributed by atoms with Crippen LogP contribution in [0.25, 0.3) is 0 Å². The molecule has 0 bridgehead atoms. The van der Waals surface area contributed by atoms with E-state index in [-0.39, 0.29) is 27.4 Å². The van der Waals surface area contributed by atoms with Crippen LogP contribution in [0, 0.1) is 0 Å². The molecule has 1 aromatic heterocycles. The Balaban J connectivity index is 2.42. The van der Waals surface area contributed by atoms with E-state index in [1.165, 1.54) is 32.0 Å². The van der Waals surface area contributed by atoms with Crippen molar-refractivity contribution in [3.63, 3.8) is 0 Å². The summed E-state index contributed by atoms with van der Waals surface area (Å²) in [5, 5.41) is 1.74. The van der Waals surface area contributed by atoms with Crippen LogP contribution in [0.2, 0.25) is 5.28 Å². The number of anilines is 2. The molecule has 0 aliphatic carbocycles. The Kier molecular flexibility index (Phi) is 5.97. The summed E-state index contributed by atoms with van der Waals surface area (Å²) in [7, 11) is -3.65. The van der Waals surface area contributed by atoms with Gasteiger partial charge in [-0.05, 0) is 37.6 Å². The molecule has 0 aliphatic rings. The molecule has 0 amide bonds. The molecule has 1 N–H and O–H groups in total. The number of hydrogen-bond donors (Lipinski definition) is 1. The molecule has 26 heavy (non-hydrogen) atoms. The van der Waals surface area contributed by atoms with Gasteiger partial charge in [-0.1, -0.05) is 12.1 Å². The molecule has 2 rings (SSSR count). The number of alkyl halides is 3. The van der Waals surface area contributed by atoms with Gasteiger partial charge in [-0.3, -0.25) is 0 Å². The molecule has 1 aromatic carbocycles. The van der Waals surface area contributed by atoms with Gasteiger partial charge in [-0.25, -0.2) is 13.4 Å². The summed E-state index contributed by atoms with van der Waals surface area (Å²) >= 11 is 5.70. The largest absolute Gasteiger partial charge is 0.479 e. The van der Waals surface area contributed by atoms with Crippen LogP contribution in [-0.4, -0.2) is 36.4 Å². The lowest BCUT2D eigenvalue weighted by Crippen LogP contribution is -2.20. The van der Waals surface area contributed by atoms with Crippen molar-refractivity contribution in [3.8, 4) is 5.75 Å². The van der Waals surface area contributed by atoms with Crippen molar-refractivity contribution in [2.45, 2.75) is 30.2 Å². The van der Waals surface area contributed by atoms with E-state index in [9.17, 15) is 21.6 Å². The third kappa shape index (κ3) is 4.98. The highest BCUT2D eigenvalue weighted by Crippen LogP contribution is 2.32. The first-order valence-corrected chi connectivity index (χ1v) is 9.25. The molecule has 0 fully saturated rings. The lowest BCUT2D eigenvalue weighted by Gasteiger charge is -2.16. The minimum Gasteiger partial charge on any atom is -0.479 e. The number of nitrogens with one attached hydrogen (secondary N) is 1. The standard InChI is InChI=1S/C15H15ClF3N3O3S/c1-9(2)26(23,24)12-6-4-3-5-10(12)21-13-11(7-20-14(16)22-13)25-8-15(17,18)19/h3-7,9H,8H2,1-2H3,(H,20,21,22). The number of nitrogens with zero attached hydrogens (tertiary/aromatic N) is 2. The van der Waals surface area contributed by atoms with E-state index in [0.29, 0.717) is 0 Å². The van der Waals surface area contributed by atoms with Gasteiger partial charge in [0, 0.05) is 0 Å². The van der Waals surface area contributed by atoms with E-state index in [0.717, 1.165) is 6.20 Å². The minimum absolute atomic E-state index is 0.0218. The molecule has 2 aromatic rings. The first-order chi connectivity index (χ1) is 12.0. The number of benzene rings is 1. The minimum atomic E-state index is -4.56. The highest BCUT2D eigenvalue weighted by atomic mass is 35.5. The number of hydrogen-bond acceptors (Lipinski definition) is 6. The fourth-order valence-corrected chi connectivity index (χ4v) is 3.24. The number of ether oxygens (including phenoxy) is 1. The maximum absolute atomic E-state index is 12.5. The van der Waals surface area contributed by atoms with E-state index in [4.69, 9.17) is 11.6 Å². The number of rotatable bonds is 6. The zero-order valence-corrected chi connectivity index (χ0v) is 15.3. The third-order valence-corrected chi connectivity index (χ3v) is 5.58. The average Bonchev–Trinajstić information content (AvgIpc) is 2.53. The van der Waals surface area contributed by atoms with Crippen molar-refractivity contribution < 1.29 is 26.3 Å². The van der Waals surface area contributed by atoms with E-state index in [2.05, 4.69) is 20.0 Å². The van der Waals surface area contributed by atoms with E-state index < -0.39 is 27.9 Å². The summed E-state index contributed by atoms with van der Waals surface area (Å²) < 4.78 is 66.8. The molecule has 0 aliphatic heterocycles. The summed E-state index contributed by atoms with van der Waals surface area (Å²) in [5.74, 6) is -0.496. The molecule has 0 saturated carbocycles. The smallest absolute Gasteiger partial charge is 0.422 e. The average molecular weight is 410 g/mol. The maximum Gasteiger partial charge on any atom is 0.422 e. The van der Waals surface area contributed by atoms with Crippen LogP contribution in [0.15, 0.2) is 35.4 Å².